The van der Waals surface area contributed by atoms with Crippen LogP contribution >= 0.6 is 0 Å². The van der Waals surface area contributed by atoms with Gasteiger partial charge in [-0.2, -0.15) is 0 Å². The lowest BCUT2D eigenvalue weighted by Gasteiger charge is -2.27. The van der Waals surface area contributed by atoms with Crippen LogP contribution in [0.1, 0.15) is 94.9 Å². The molecule has 224 valence electrons. The molecule has 0 aromatic carbocycles. The van der Waals surface area contributed by atoms with Crippen LogP contribution in [-0.4, -0.2) is 46.9 Å². The Morgan fingerprint density at radius 1 is 0.925 bits per heavy atom. The summed E-state index contributed by atoms with van der Waals surface area (Å²) < 4.78 is 16.6. The van der Waals surface area contributed by atoms with Crippen LogP contribution in [0.3, 0.4) is 0 Å². The van der Waals surface area contributed by atoms with Crippen molar-refractivity contribution in [3.63, 3.8) is 0 Å². The first-order chi connectivity index (χ1) is 18.5. The van der Waals surface area contributed by atoms with E-state index in [1.807, 2.05) is 19.9 Å². The fraction of sp³-hybridized carbons (Fsp3) is 0.606. The van der Waals surface area contributed by atoms with Gasteiger partial charge in [0.05, 0.1) is 0 Å². The second-order valence-corrected chi connectivity index (χ2v) is 12.7. The minimum atomic E-state index is -0.716. The van der Waals surface area contributed by atoms with Crippen molar-refractivity contribution >= 4 is 18.2 Å². The minimum Gasteiger partial charge on any atom is -0.443 e. The molecule has 0 saturated heterocycles. The summed E-state index contributed by atoms with van der Waals surface area (Å²) in [5, 5.41) is 0. The summed E-state index contributed by atoms with van der Waals surface area (Å²) >= 11 is 0. The number of carbonyl (C=O) groups is 3. The molecule has 0 aromatic heterocycles. The molecular formula is C33H51NO6. The van der Waals surface area contributed by atoms with E-state index in [0.717, 1.165) is 24.2 Å². The van der Waals surface area contributed by atoms with Gasteiger partial charge in [0.25, 0.3) is 5.91 Å². The van der Waals surface area contributed by atoms with Crippen LogP contribution in [0, 0.1) is 11.8 Å². The van der Waals surface area contributed by atoms with Crippen molar-refractivity contribution in [3.05, 3.63) is 59.8 Å². The van der Waals surface area contributed by atoms with Gasteiger partial charge >= 0.3 is 12.2 Å². The van der Waals surface area contributed by atoms with Gasteiger partial charge in [-0.25, -0.2) is 14.5 Å². The highest BCUT2D eigenvalue weighted by atomic mass is 16.7. The van der Waals surface area contributed by atoms with Gasteiger partial charge in [-0.15, -0.1) is 0 Å². The maximum atomic E-state index is 13.0. The number of hydrogen-bond donors (Lipinski definition) is 0. The fourth-order valence-electron chi connectivity index (χ4n) is 3.93. The number of amides is 2. The van der Waals surface area contributed by atoms with Crippen molar-refractivity contribution in [3.8, 4) is 0 Å². The molecule has 40 heavy (non-hydrogen) atoms. The second-order valence-electron chi connectivity index (χ2n) is 12.7. The number of carbonyl (C=O) groups excluding carboxylic acids is 3. The van der Waals surface area contributed by atoms with Crippen LogP contribution in [0.2, 0.25) is 0 Å². The van der Waals surface area contributed by atoms with E-state index in [4.69, 9.17) is 14.2 Å². The first-order valence-electron chi connectivity index (χ1n) is 14.2. The van der Waals surface area contributed by atoms with Crippen LogP contribution in [-0.2, 0) is 19.0 Å². The number of allylic oxidation sites excluding steroid dienone is 7. The topological polar surface area (TPSA) is 82.1 Å². The molecule has 0 bridgehead atoms. The van der Waals surface area contributed by atoms with Gasteiger partial charge in [-0.05, 0) is 80.6 Å². The summed E-state index contributed by atoms with van der Waals surface area (Å²) in [5.74, 6) is -0.512. The molecule has 0 N–H and O–H groups in total. The third-order valence-electron chi connectivity index (χ3n) is 5.96. The van der Waals surface area contributed by atoms with E-state index in [2.05, 4.69) is 38.2 Å². The molecule has 0 aliphatic carbocycles. The Balaban J connectivity index is 3.28. The molecule has 0 unspecified atom stereocenters. The Bertz CT molecular complexity index is 1000. The van der Waals surface area contributed by atoms with Crippen LogP contribution in [0.15, 0.2) is 59.8 Å². The zero-order chi connectivity index (χ0) is 30.5. The maximum Gasteiger partial charge on any atom is 0.509 e. The Hall–Kier alpha value is -3.09. The Morgan fingerprint density at radius 3 is 2.20 bits per heavy atom. The van der Waals surface area contributed by atoms with E-state index in [1.54, 1.807) is 53.7 Å². The Morgan fingerprint density at radius 2 is 1.57 bits per heavy atom. The molecular weight excluding hydrogens is 506 g/mol. The zero-order valence-electron chi connectivity index (χ0n) is 26.3. The van der Waals surface area contributed by atoms with Gasteiger partial charge in [0.15, 0.2) is 0 Å². The molecule has 2 amide bonds. The highest BCUT2D eigenvalue weighted by Gasteiger charge is 2.27. The van der Waals surface area contributed by atoms with Gasteiger partial charge in [-0.1, -0.05) is 67.5 Å². The van der Waals surface area contributed by atoms with E-state index in [-0.39, 0.29) is 18.4 Å². The number of imide groups is 1. The lowest BCUT2D eigenvalue weighted by atomic mass is 9.98. The van der Waals surface area contributed by atoms with E-state index in [0.29, 0.717) is 6.42 Å². The molecule has 7 heteroatoms. The van der Waals surface area contributed by atoms with Crippen molar-refractivity contribution in [2.75, 3.05) is 6.54 Å². The van der Waals surface area contributed by atoms with E-state index in [1.165, 1.54) is 17.2 Å². The summed E-state index contributed by atoms with van der Waals surface area (Å²) in [4.78, 5) is 39.5. The lowest BCUT2D eigenvalue weighted by Crippen LogP contribution is -2.42. The monoisotopic (exact) mass is 557 g/mol. The second kappa shape index (κ2) is 16.2. The third kappa shape index (κ3) is 15.5. The summed E-state index contributed by atoms with van der Waals surface area (Å²) in [5.41, 5.74) is 1.03. The first kappa shape index (κ1) is 34.9. The molecule has 0 fully saturated rings. The van der Waals surface area contributed by atoms with Gasteiger partial charge in [0.1, 0.15) is 17.3 Å². The number of nitrogens with zero attached hydrogens (tertiary/aromatic N) is 1. The summed E-state index contributed by atoms with van der Waals surface area (Å²) in [6, 6.07) is 0. The van der Waals surface area contributed by atoms with Crippen molar-refractivity contribution in [2.45, 2.75) is 112 Å². The van der Waals surface area contributed by atoms with E-state index < -0.39 is 35.5 Å². The largest absolute Gasteiger partial charge is 0.509 e. The Kier molecular flexibility index (Phi) is 14.2. The highest BCUT2D eigenvalue weighted by Crippen LogP contribution is 2.20. The molecule has 1 aliphatic heterocycles. The summed E-state index contributed by atoms with van der Waals surface area (Å²) in [6.45, 7) is 19.1. The van der Waals surface area contributed by atoms with Crippen LogP contribution in [0.4, 0.5) is 9.59 Å². The number of hydrogen-bond acceptors (Lipinski definition) is 6. The summed E-state index contributed by atoms with van der Waals surface area (Å²) in [6.07, 6.45) is 16.1. The zero-order valence-corrected chi connectivity index (χ0v) is 26.3. The SMILES string of the molecule is C/C1=C\C=C\CC[C@H](C)CN(C(=O)OC(C)(C)C)C(=O)/C=C/C=C/[C@H](C)[C@@H](OC(=O)OC(C)(C)C)C/C=C(\C)C1. The van der Waals surface area contributed by atoms with E-state index in [9.17, 15) is 14.4 Å². The minimum absolute atomic E-state index is 0.0942. The van der Waals surface area contributed by atoms with Crippen molar-refractivity contribution in [1.82, 2.24) is 4.90 Å². The molecule has 0 radical (unpaired) electrons. The molecule has 0 saturated carbocycles. The standard InChI is InChI=1S/C33H51NO6/c1-24-16-12-11-13-17-26(3)23-34(30(36)39-32(5,6)7)29(35)19-15-14-18-27(4)28(21-20-25(2)22-24)38-31(37)40-33(8,9)10/h11-12,14-16,18-20,26-28H,13,17,21-23H2,1-10H3/b12-11+,18-14+,19-15+,24-16+,25-20+/t26-,27-,28-/m0/s1. The van der Waals surface area contributed by atoms with Crippen LogP contribution in [0.25, 0.3) is 0 Å². The summed E-state index contributed by atoms with van der Waals surface area (Å²) in [7, 11) is 0. The highest BCUT2D eigenvalue weighted by molar-refractivity contribution is 5.98. The normalized spacial score (nSPS) is 27.7. The molecule has 3 atom stereocenters. The number of ether oxygens (including phenoxy) is 3. The molecule has 1 aliphatic rings. The Labute approximate surface area is 242 Å². The predicted octanol–water partition coefficient (Wildman–Crippen LogP) is 8.48. The fourth-order valence-corrected chi connectivity index (χ4v) is 3.93. The van der Waals surface area contributed by atoms with Crippen LogP contribution in [0.5, 0.6) is 0 Å². The average Bonchev–Trinajstić information content (AvgIpc) is 2.79. The van der Waals surface area contributed by atoms with Gasteiger partial charge < -0.3 is 14.2 Å². The lowest BCUT2D eigenvalue weighted by molar-refractivity contribution is -0.125. The molecule has 7 nitrogen and oxygen atoms in total. The quantitative estimate of drug-likeness (QED) is 0.237. The molecule has 0 aromatic rings. The molecule has 1 heterocycles. The number of rotatable bonds is 1. The molecule has 0 spiro atoms. The third-order valence-corrected chi connectivity index (χ3v) is 5.96. The molecule has 1 rings (SSSR count). The van der Waals surface area contributed by atoms with Crippen molar-refractivity contribution < 1.29 is 28.6 Å². The van der Waals surface area contributed by atoms with Crippen LogP contribution < -0.4 is 0 Å². The van der Waals surface area contributed by atoms with Gasteiger partial charge in [0.2, 0.25) is 0 Å². The predicted molar refractivity (Wildman–Crippen MR) is 161 cm³/mol. The van der Waals surface area contributed by atoms with Crippen molar-refractivity contribution in [1.29, 1.82) is 0 Å². The van der Waals surface area contributed by atoms with Gasteiger partial charge in [-0.3, -0.25) is 4.79 Å². The maximum absolute atomic E-state index is 13.0. The smallest absolute Gasteiger partial charge is 0.443 e. The van der Waals surface area contributed by atoms with Gasteiger partial charge in [0, 0.05) is 25.0 Å². The van der Waals surface area contributed by atoms with E-state index >= 15 is 0 Å². The van der Waals surface area contributed by atoms with Crippen molar-refractivity contribution in [2.24, 2.45) is 11.8 Å². The average molecular weight is 558 g/mol. The first-order valence-corrected chi connectivity index (χ1v) is 14.2.